The number of fused-ring (bicyclic) bond motifs is 4. The van der Waals surface area contributed by atoms with Crippen LogP contribution in [0.1, 0.15) is 11.1 Å². The quantitative estimate of drug-likeness (QED) is 0.522. The second-order valence-electron chi connectivity index (χ2n) is 5.43. The van der Waals surface area contributed by atoms with E-state index in [9.17, 15) is 19.6 Å². The van der Waals surface area contributed by atoms with Crippen molar-refractivity contribution in [2.45, 2.75) is 5.41 Å². The van der Waals surface area contributed by atoms with Crippen molar-refractivity contribution in [3.63, 3.8) is 0 Å². The van der Waals surface area contributed by atoms with E-state index in [-0.39, 0.29) is 39.2 Å². The average molecular weight is 358 g/mol. The number of benzene rings is 1. The van der Waals surface area contributed by atoms with Crippen molar-refractivity contribution in [2.24, 2.45) is 5.73 Å². The first-order valence-electron chi connectivity index (χ1n) is 6.97. The maximum absolute atomic E-state index is 13.0. The number of carbonyl (C=O) groups excluding carboxylic acids is 1. The highest BCUT2D eigenvalue weighted by Gasteiger charge is 2.58. The van der Waals surface area contributed by atoms with Gasteiger partial charge in [0, 0.05) is 5.56 Å². The normalized spacial score (nSPS) is 20.6. The van der Waals surface area contributed by atoms with Gasteiger partial charge >= 0.3 is 5.69 Å². The number of nitrogens with one attached hydrogen (secondary N) is 3. The number of H-pyrrole nitrogens is 2. The lowest BCUT2D eigenvalue weighted by Gasteiger charge is -2.31. The van der Waals surface area contributed by atoms with Crippen LogP contribution in [0.3, 0.4) is 0 Å². The molecular formula is C15H8ClN5O4. The number of nitriles is 1. The van der Waals surface area contributed by atoms with Gasteiger partial charge < -0.3 is 15.8 Å². The standard InChI is InChI=1S/C15H8ClN5O4/c16-7-3-1-2-5-9(7)19-13(23)15(5)6(4-17)10(18)25-12-8(15)11(22)20-14(24)21-12/h1-3H,18H2,(H,19,23)(H2,20,21,22,24). The number of nitrogens with two attached hydrogens (primary N) is 1. The Bertz CT molecular complexity index is 1160. The first kappa shape index (κ1) is 15.0. The maximum Gasteiger partial charge on any atom is 0.328 e. The van der Waals surface area contributed by atoms with Crippen LogP contribution in [0.4, 0.5) is 5.69 Å². The van der Waals surface area contributed by atoms with Crippen LogP contribution < -0.4 is 27.0 Å². The number of ether oxygens (including phenoxy) is 1. The lowest BCUT2D eigenvalue weighted by atomic mass is 9.70. The van der Waals surface area contributed by atoms with Gasteiger partial charge in [-0.25, -0.2) is 4.79 Å². The second kappa shape index (κ2) is 4.75. The third kappa shape index (κ3) is 1.68. The molecule has 0 bridgehead atoms. The number of aromatic amines is 2. The van der Waals surface area contributed by atoms with Gasteiger partial charge in [0.15, 0.2) is 5.41 Å². The summed E-state index contributed by atoms with van der Waals surface area (Å²) in [6.07, 6.45) is 0. The van der Waals surface area contributed by atoms with Crippen LogP contribution >= 0.6 is 11.6 Å². The summed E-state index contributed by atoms with van der Waals surface area (Å²) in [5.74, 6) is -1.38. The summed E-state index contributed by atoms with van der Waals surface area (Å²) >= 11 is 6.14. The van der Waals surface area contributed by atoms with Gasteiger partial charge in [0.05, 0.1) is 10.7 Å². The van der Waals surface area contributed by atoms with Crippen molar-refractivity contribution < 1.29 is 9.53 Å². The van der Waals surface area contributed by atoms with Gasteiger partial charge in [-0.2, -0.15) is 5.26 Å². The number of para-hydroxylation sites is 1. The second-order valence-corrected chi connectivity index (χ2v) is 5.84. The third-order valence-corrected chi connectivity index (χ3v) is 4.54. The van der Waals surface area contributed by atoms with Gasteiger partial charge in [0.2, 0.25) is 17.7 Å². The fourth-order valence-electron chi connectivity index (χ4n) is 3.28. The summed E-state index contributed by atoms with van der Waals surface area (Å²) in [6.45, 7) is 0. The molecule has 2 aromatic rings. The molecule has 0 saturated carbocycles. The van der Waals surface area contributed by atoms with E-state index in [1.165, 1.54) is 0 Å². The zero-order valence-electron chi connectivity index (χ0n) is 12.3. The SMILES string of the molecule is N#CC1=C(N)Oc2[nH]c(=O)[nH]c(=O)c2C12C(=O)Nc1c(Cl)cccc12. The fraction of sp³-hybridized carbons (Fsp3) is 0.0667. The topological polar surface area (TPSA) is 154 Å². The zero-order valence-corrected chi connectivity index (χ0v) is 13.0. The van der Waals surface area contributed by atoms with Gasteiger partial charge in [0.1, 0.15) is 17.2 Å². The first-order valence-corrected chi connectivity index (χ1v) is 7.34. The van der Waals surface area contributed by atoms with E-state index >= 15 is 0 Å². The fourth-order valence-corrected chi connectivity index (χ4v) is 3.50. The highest BCUT2D eigenvalue weighted by atomic mass is 35.5. The van der Waals surface area contributed by atoms with E-state index in [1.807, 2.05) is 11.1 Å². The number of nitrogens with zero attached hydrogens (tertiary/aromatic N) is 1. The van der Waals surface area contributed by atoms with Crippen LogP contribution in [0.15, 0.2) is 39.2 Å². The van der Waals surface area contributed by atoms with Crippen molar-refractivity contribution in [3.05, 3.63) is 66.6 Å². The molecule has 4 rings (SSSR count). The van der Waals surface area contributed by atoms with Gasteiger partial charge in [-0.15, -0.1) is 0 Å². The van der Waals surface area contributed by atoms with Crippen LogP contribution in [0.25, 0.3) is 0 Å². The molecule has 5 N–H and O–H groups in total. The monoisotopic (exact) mass is 357 g/mol. The van der Waals surface area contributed by atoms with Crippen LogP contribution in [-0.2, 0) is 10.2 Å². The van der Waals surface area contributed by atoms with Crippen LogP contribution in [0.2, 0.25) is 5.02 Å². The first-order chi connectivity index (χ1) is 11.9. The summed E-state index contributed by atoms with van der Waals surface area (Å²) in [5, 5.41) is 12.4. The molecule has 2 aliphatic heterocycles. The number of aromatic nitrogens is 2. The number of halogens is 1. The summed E-state index contributed by atoms with van der Waals surface area (Å²) < 4.78 is 5.22. The summed E-state index contributed by atoms with van der Waals surface area (Å²) in [5.41, 5.74) is 2.24. The van der Waals surface area contributed by atoms with Crippen molar-refractivity contribution >= 4 is 23.2 Å². The Balaban J connectivity index is 2.25. The van der Waals surface area contributed by atoms with Crippen LogP contribution in [-0.4, -0.2) is 15.9 Å². The van der Waals surface area contributed by atoms with E-state index in [1.54, 1.807) is 18.2 Å². The van der Waals surface area contributed by atoms with Crippen LogP contribution in [0, 0.1) is 11.3 Å². The number of hydrogen-bond donors (Lipinski definition) is 4. The lowest BCUT2D eigenvalue weighted by Crippen LogP contribution is -2.48. The Labute approximate surface area is 143 Å². The highest BCUT2D eigenvalue weighted by molar-refractivity contribution is 6.35. The predicted octanol–water partition coefficient (Wildman–Crippen LogP) is 0.0411. The molecule has 0 aliphatic carbocycles. The molecule has 0 radical (unpaired) electrons. The smallest absolute Gasteiger partial charge is 0.328 e. The Morgan fingerprint density at radius 2 is 2.00 bits per heavy atom. The zero-order chi connectivity index (χ0) is 17.9. The number of rotatable bonds is 0. The summed E-state index contributed by atoms with van der Waals surface area (Å²) in [4.78, 5) is 41.4. The van der Waals surface area contributed by atoms with E-state index in [0.717, 1.165) is 0 Å². The third-order valence-electron chi connectivity index (χ3n) is 4.23. The number of hydrogen-bond acceptors (Lipinski definition) is 6. The molecule has 124 valence electrons. The number of carbonyl (C=O) groups is 1. The highest BCUT2D eigenvalue weighted by Crippen LogP contribution is 2.52. The maximum atomic E-state index is 13.0. The van der Waals surface area contributed by atoms with Gasteiger partial charge in [-0.3, -0.25) is 19.6 Å². The van der Waals surface area contributed by atoms with Crippen molar-refractivity contribution in [3.8, 4) is 11.9 Å². The molecule has 1 unspecified atom stereocenters. The number of amides is 1. The molecule has 0 saturated heterocycles. The molecular weight excluding hydrogens is 350 g/mol. The molecule has 1 aromatic carbocycles. The summed E-state index contributed by atoms with van der Waals surface area (Å²) in [6, 6.07) is 6.51. The molecule has 1 atom stereocenters. The van der Waals surface area contributed by atoms with E-state index < -0.39 is 22.6 Å². The van der Waals surface area contributed by atoms with Crippen molar-refractivity contribution in [1.29, 1.82) is 5.26 Å². The molecule has 10 heteroatoms. The molecule has 9 nitrogen and oxygen atoms in total. The Hall–Kier alpha value is -3.51. The minimum Gasteiger partial charge on any atom is -0.423 e. The van der Waals surface area contributed by atoms with E-state index in [0.29, 0.717) is 0 Å². The Kier molecular flexibility index (Phi) is 2.86. The minimum absolute atomic E-state index is 0.229. The lowest BCUT2D eigenvalue weighted by molar-refractivity contribution is -0.118. The van der Waals surface area contributed by atoms with E-state index in [2.05, 4.69) is 10.3 Å². The molecule has 2 aliphatic rings. The van der Waals surface area contributed by atoms with E-state index in [4.69, 9.17) is 22.1 Å². The molecule has 0 fully saturated rings. The van der Waals surface area contributed by atoms with Crippen LogP contribution in [0.5, 0.6) is 5.88 Å². The molecule has 1 spiro atoms. The Morgan fingerprint density at radius 1 is 1.24 bits per heavy atom. The average Bonchev–Trinajstić information content (AvgIpc) is 2.82. The predicted molar refractivity (Wildman–Crippen MR) is 86.0 cm³/mol. The van der Waals surface area contributed by atoms with Crippen molar-refractivity contribution in [2.75, 3.05) is 5.32 Å². The molecule has 3 heterocycles. The van der Waals surface area contributed by atoms with Crippen molar-refractivity contribution in [1.82, 2.24) is 9.97 Å². The largest absolute Gasteiger partial charge is 0.423 e. The molecule has 25 heavy (non-hydrogen) atoms. The molecule has 1 aromatic heterocycles. The van der Waals surface area contributed by atoms with Gasteiger partial charge in [0.25, 0.3) is 5.56 Å². The van der Waals surface area contributed by atoms with Gasteiger partial charge in [-0.05, 0) is 6.07 Å². The minimum atomic E-state index is -1.87. The summed E-state index contributed by atoms with van der Waals surface area (Å²) in [7, 11) is 0. The molecule has 1 amide bonds. The Morgan fingerprint density at radius 3 is 2.72 bits per heavy atom. The van der Waals surface area contributed by atoms with Gasteiger partial charge in [-0.1, -0.05) is 23.7 Å². The number of anilines is 1.